The Kier molecular flexibility index (Phi) is 5.14. The molecule has 0 aliphatic heterocycles. The zero-order valence-electron chi connectivity index (χ0n) is 11.1. The van der Waals surface area contributed by atoms with Gasteiger partial charge in [-0.2, -0.15) is 0 Å². The molecule has 0 saturated carbocycles. The molecule has 0 unspecified atom stereocenters. The lowest BCUT2D eigenvalue weighted by Crippen LogP contribution is -2.19. The SMILES string of the molecule is Nc1ccc(Cl)cc1NC(=O)COCc1ccccc1F. The zero-order chi connectivity index (χ0) is 15.2. The third kappa shape index (κ3) is 4.44. The van der Waals surface area contributed by atoms with Crippen molar-refractivity contribution in [3.8, 4) is 0 Å². The highest BCUT2D eigenvalue weighted by molar-refractivity contribution is 6.31. The summed E-state index contributed by atoms with van der Waals surface area (Å²) < 4.78 is 18.5. The zero-order valence-corrected chi connectivity index (χ0v) is 11.9. The van der Waals surface area contributed by atoms with Gasteiger partial charge < -0.3 is 15.8 Å². The smallest absolute Gasteiger partial charge is 0.250 e. The van der Waals surface area contributed by atoms with Crippen molar-refractivity contribution in [1.82, 2.24) is 0 Å². The van der Waals surface area contributed by atoms with Crippen LogP contribution in [0.2, 0.25) is 5.02 Å². The molecule has 0 saturated heterocycles. The van der Waals surface area contributed by atoms with Crippen LogP contribution in [0.5, 0.6) is 0 Å². The summed E-state index contributed by atoms with van der Waals surface area (Å²) in [5, 5.41) is 3.05. The molecule has 0 atom stereocenters. The highest BCUT2D eigenvalue weighted by Crippen LogP contribution is 2.22. The second-order valence-electron chi connectivity index (χ2n) is 4.36. The molecular weight excluding hydrogens is 295 g/mol. The van der Waals surface area contributed by atoms with Crippen molar-refractivity contribution in [2.24, 2.45) is 0 Å². The molecule has 1 amide bonds. The Morgan fingerprint density at radius 2 is 2.05 bits per heavy atom. The van der Waals surface area contributed by atoms with Gasteiger partial charge in [-0.15, -0.1) is 0 Å². The first kappa shape index (κ1) is 15.3. The number of ether oxygens (including phenoxy) is 1. The monoisotopic (exact) mass is 308 g/mol. The molecule has 2 aromatic carbocycles. The predicted molar refractivity (Wildman–Crippen MR) is 80.6 cm³/mol. The van der Waals surface area contributed by atoms with Crippen molar-refractivity contribution >= 4 is 28.9 Å². The molecule has 2 aromatic rings. The summed E-state index contributed by atoms with van der Waals surface area (Å²) in [5.74, 6) is -0.753. The number of benzene rings is 2. The number of halogens is 2. The van der Waals surface area contributed by atoms with Crippen LogP contribution >= 0.6 is 11.6 Å². The summed E-state index contributed by atoms with van der Waals surface area (Å²) in [7, 11) is 0. The molecule has 110 valence electrons. The number of hydrogen-bond donors (Lipinski definition) is 2. The molecule has 0 radical (unpaired) electrons. The molecule has 0 bridgehead atoms. The lowest BCUT2D eigenvalue weighted by molar-refractivity contribution is -0.121. The number of hydrogen-bond acceptors (Lipinski definition) is 3. The van der Waals surface area contributed by atoms with Gasteiger partial charge in [0.15, 0.2) is 0 Å². The number of carbonyl (C=O) groups is 1. The van der Waals surface area contributed by atoms with Gasteiger partial charge in [0.2, 0.25) is 5.91 Å². The first-order chi connectivity index (χ1) is 10.1. The average Bonchev–Trinajstić information content (AvgIpc) is 2.45. The number of nitrogens with one attached hydrogen (secondary N) is 1. The molecule has 0 aromatic heterocycles. The van der Waals surface area contributed by atoms with Crippen LogP contribution in [0.25, 0.3) is 0 Å². The second kappa shape index (κ2) is 7.06. The van der Waals surface area contributed by atoms with E-state index in [0.29, 0.717) is 22.0 Å². The minimum atomic E-state index is -0.389. The standard InChI is InChI=1S/C15H14ClFN2O2/c16-11-5-6-13(18)14(7-11)19-15(20)9-21-8-10-3-1-2-4-12(10)17/h1-7H,8-9,18H2,(H,19,20). The summed E-state index contributed by atoms with van der Waals surface area (Å²) in [4.78, 5) is 11.7. The van der Waals surface area contributed by atoms with Gasteiger partial charge in [-0.1, -0.05) is 29.8 Å². The van der Waals surface area contributed by atoms with Crippen LogP contribution < -0.4 is 11.1 Å². The lowest BCUT2D eigenvalue weighted by Gasteiger charge is -2.09. The van der Waals surface area contributed by atoms with E-state index >= 15 is 0 Å². The van der Waals surface area contributed by atoms with Gasteiger partial charge in [0.1, 0.15) is 12.4 Å². The van der Waals surface area contributed by atoms with Gasteiger partial charge in [0.05, 0.1) is 18.0 Å². The molecule has 0 aliphatic rings. The van der Waals surface area contributed by atoms with Gasteiger partial charge in [0.25, 0.3) is 0 Å². The Morgan fingerprint density at radius 1 is 1.29 bits per heavy atom. The lowest BCUT2D eigenvalue weighted by atomic mass is 10.2. The van der Waals surface area contributed by atoms with Crippen LogP contribution in [0.1, 0.15) is 5.56 Å². The molecule has 0 spiro atoms. The van der Waals surface area contributed by atoms with E-state index in [9.17, 15) is 9.18 Å². The van der Waals surface area contributed by atoms with Crippen molar-refractivity contribution in [3.63, 3.8) is 0 Å². The fraction of sp³-hybridized carbons (Fsp3) is 0.133. The summed E-state index contributed by atoms with van der Waals surface area (Å²) in [6.45, 7) is -0.189. The Morgan fingerprint density at radius 3 is 2.81 bits per heavy atom. The molecule has 2 rings (SSSR count). The van der Waals surface area contributed by atoms with Crippen molar-refractivity contribution in [1.29, 1.82) is 0 Å². The first-order valence-corrected chi connectivity index (χ1v) is 6.60. The van der Waals surface area contributed by atoms with Crippen LogP contribution in [0.15, 0.2) is 42.5 Å². The van der Waals surface area contributed by atoms with E-state index in [1.165, 1.54) is 6.07 Å². The molecule has 0 aliphatic carbocycles. The Bertz CT molecular complexity index is 649. The van der Waals surface area contributed by atoms with Gasteiger partial charge >= 0.3 is 0 Å². The van der Waals surface area contributed by atoms with Crippen LogP contribution in [-0.4, -0.2) is 12.5 Å². The summed E-state index contributed by atoms with van der Waals surface area (Å²) in [5.41, 5.74) is 6.93. The molecule has 21 heavy (non-hydrogen) atoms. The van der Waals surface area contributed by atoms with Gasteiger partial charge in [-0.05, 0) is 24.3 Å². The van der Waals surface area contributed by atoms with Crippen LogP contribution in [0.4, 0.5) is 15.8 Å². The number of nitrogen functional groups attached to an aromatic ring is 1. The van der Waals surface area contributed by atoms with Crippen molar-refractivity contribution in [3.05, 3.63) is 58.9 Å². The molecular formula is C15H14ClFN2O2. The molecule has 4 nitrogen and oxygen atoms in total. The van der Waals surface area contributed by atoms with Gasteiger partial charge in [-0.3, -0.25) is 4.79 Å². The molecule has 0 fully saturated rings. The van der Waals surface area contributed by atoms with Gasteiger partial charge in [0, 0.05) is 10.6 Å². The highest BCUT2D eigenvalue weighted by atomic mass is 35.5. The van der Waals surface area contributed by atoms with Crippen molar-refractivity contribution < 1.29 is 13.9 Å². The van der Waals surface area contributed by atoms with E-state index in [0.717, 1.165) is 0 Å². The van der Waals surface area contributed by atoms with E-state index in [1.54, 1.807) is 36.4 Å². The average molecular weight is 309 g/mol. The van der Waals surface area contributed by atoms with E-state index in [-0.39, 0.29) is 24.9 Å². The second-order valence-corrected chi connectivity index (χ2v) is 4.80. The van der Waals surface area contributed by atoms with E-state index < -0.39 is 0 Å². The maximum atomic E-state index is 13.3. The summed E-state index contributed by atoms with van der Waals surface area (Å²) in [6, 6.07) is 11.0. The Labute approximate surface area is 126 Å². The third-order valence-electron chi connectivity index (χ3n) is 2.74. The Balaban J connectivity index is 1.85. The summed E-state index contributed by atoms with van der Waals surface area (Å²) in [6.07, 6.45) is 0. The predicted octanol–water partition coefficient (Wildman–Crippen LogP) is 3.22. The van der Waals surface area contributed by atoms with E-state index in [4.69, 9.17) is 22.1 Å². The largest absolute Gasteiger partial charge is 0.397 e. The van der Waals surface area contributed by atoms with Crippen LogP contribution in [0, 0.1) is 5.82 Å². The third-order valence-corrected chi connectivity index (χ3v) is 2.97. The van der Waals surface area contributed by atoms with Crippen molar-refractivity contribution in [2.45, 2.75) is 6.61 Å². The number of nitrogens with two attached hydrogens (primary N) is 1. The fourth-order valence-electron chi connectivity index (χ4n) is 1.69. The van der Waals surface area contributed by atoms with E-state index in [1.807, 2.05) is 0 Å². The van der Waals surface area contributed by atoms with Crippen molar-refractivity contribution in [2.75, 3.05) is 17.7 Å². The summed E-state index contributed by atoms with van der Waals surface area (Å²) >= 11 is 5.82. The molecule has 6 heteroatoms. The number of carbonyl (C=O) groups excluding carboxylic acids is 1. The number of rotatable bonds is 5. The number of anilines is 2. The first-order valence-electron chi connectivity index (χ1n) is 6.22. The van der Waals surface area contributed by atoms with E-state index in [2.05, 4.69) is 5.32 Å². The van der Waals surface area contributed by atoms with Crippen LogP contribution in [-0.2, 0) is 16.1 Å². The van der Waals surface area contributed by atoms with Crippen LogP contribution in [0.3, 0.4) is 0 Å². The normalized spacial score (nSPS) is 10.4. The van der Waals surface area contributed by atoms with Gasteiger partial charge in [-0.25, -0.2) is 4.39 Å². The maximum Gasteiger partial charge on any atom is 0.250 e. The molecule has 0 heterocycles. The topological polar surface area (TPSA) is 64.3 Å². The fourth-order valence-corrected chi connectivity index (χ4v) is 1.86. The molecule has 3 N–H and O–H groups in total. The minimum absolute atomic E-state index is 0.0190. The quantitative estimate of drug-likeness (QED) is 0.834. The minimum Gasteiger partial charge on any atom is -0.397 e. The Hall–Kier alpha value is -2.11. The highest BCUT2D eigenvalue weighted by Gasteiger charge is 2.07. The maximum absolute atomic E-state index is 13.3. The number of amides is 1.